The van der Waals surface area contributed by atoms with E-state index in [0.29, 0.717) is 22.9 Å². The lowest BCUT2D eigenvalue weighted by atomic mass is 10.2. The Morgan fingerprint density at radius 1 is 1.23 bits per heavy atom. The summed E-state index contributed by atoms with van der Waals surface area (Å²) in [5.74, 6) is 0.521. The number of hydrogen-bond donors (Lipinski definition) is 1. The summed E-state index contributed by atoms with van der Waals surface area (Å²) in [5.41, 5.74) is 2.74. The molecule has 1 amide bonds. The highest BCUT2D eigenvalue weighted by molar-refractivity contribution is 6.31. The molecule has 1 N–H and O–H groups in total. The summed E-state index contributed by atoms with van der Waals surface area (Å²) in [7, 11) is 0. The molecule has 0 heterocycles. The Morgan fingerprint density at radius 2 is 2.00 bits per heavy atom. The van der Waals surface area contributed by atoms with Crippen molar-refractivity contribution < 1.29 is 9.53 Å². The smallest absolute Gasteiger partial charge is 0.265 e. The van der Waals surface area contributed by atoms with Crippen LogP contribution in [0, 0.1) is 13.8 Å². The molecule has 0 spiro atoms. The second kappa shape index (κ2) is 7.32. The zero-order valence-corrected chi connectivity index (χ0v) is 13.8. The van der Waals surface area contributed by atoms with Crippen molar-refractivity contribution in [1.29, 1.82) is 0 Å². The summed E-state index contributed by atoms with van der Waals surface area (Å²) in [5, 5.41) is 3.48. The summed E-state index contributed by atoms with van der Waals surface area (Å²) >= 11 is 6.08. The maximum atomic E-state index is 12.4. The topological polar surface area (TPSA) is 38.3 Å². The van der Waals surface area contributed by atoms with Crippen molar-refractivity contribution in [2.45, 2.75) is 33.3 Å². The first-order chi connectivity index (χ1) is 10.5. The predicted octanol–water partition coefficient (Wildman–Crippen LogP) is 4.75. The van der Waals surface area contributed by atoms with Crippen LogP contribution in [-0.2, 0) is 4.79 Å². The van der Waals surface area contributed by atoms with Crippen LogP contribution < -0.4 is 10.1 Å². The van der Waals surface area contributed by atoms with Gasteiger partial charge in [-0.2, -0.15) is 0 Å². The van der Waals surface area contributed by atoms with Gasteiger partial charge >= 0.3 is 0 Å². The van der Waals surface area contributed by atoms with Crippen LogP contribution in [0.2, 0.25) is 5.02 Å². The van der Waals surface area contributed by atoms with Gasteiger partial charge < -0.3 is 10.1 Å². The lowest BCUT2D eigenvalue weighted by Gasteiger charge is -2.18. The van der Waals surface area contributed by atoms with E-state index in [4.69, 9.17) is 16.3 Å². The van der Waals surface area contributed by atoms with Gasteiger partial charge in [0.05, 0.1) is 0 Å². The Labute approximate surface area is 136 Å². The summed E-state index contributed by atoms with van der Waals surface area (Å²) in [6.07, 6.45) is 0.0428. The molecule has 2 aromatic rings. The minimum Gasteiger partial charge on any atom is -0.481 e. The lowest BCUT2D eigenvalue weighted by Crippen LogP contribution is -2.32. The fraction of sp³-hybridized carbons (Fsp3) is 0.278. The molecule has 0 aromatic heterocycles. The van der Waals surface area contributed by atoms with Gasteiger partial charge in [-0.25, -0.2) is 0 Å². The number of halogens is 1. The molecule has 0 saturated carbocycles. The van der Waals surface area contributed by atoms with E-state index < -0.39 is 6.10 Å². The molecule has 3 nitrogen and oxygen atoms in total. The Hall–Kier alpha value is -2.00. The normalized spacial score (nSPS) is 11.8. The molecule has 2 rings (SSSR count). The molecule has 116 valence electrons. The van der Waals surface area contributed by atoms with Gasteiger partial charge in [0, 0.05) is 10.7 Å². The number of carbonyl (C=O) groups excluding carboxylic acids is 1. The van der Waals surface area contributed by atoms with Crippen molar-refractivity contribution in [2.24, 2.45) is 0 Å². The number of aryl methyl sites for hydroxylation is 2. The monoisotopic (exact) mass is 317 g/mol. The zero-order chi connectivity index (χ0) is 16.1. The molecule has 0 radical (unpaired) electrons. The number of hydrogen-bond acceptors (Lipinski definition) is 2. The first kappa shape index (κ1) is 16.4. The molecule has 1 atom stereocenters. The van der Waals surface area contributed by atoms with Gasteiger partial charge in [0.15, 0.2) is 6.10 Å². The summed E-state index contributed by atoms with van der Waals surface area (Å²) < 4.78 is 5.79. The number of benzene rings is 2. The summed E-state index contributed by atoms with van der Waals surface area (Å²) in [6.45, 7) is 5.83. The summed E-state index contributed by atoms with van der Waals surface area (Å²) in [4.78, 5) is 12.4. The number of ether oxygens (including phenoxy) is 1. The molecule has 0 aliphatic rings. The second-order valence-corrected chi connectivity index (χ2v) is 5.69. The molecule has 0 saturated heterocycles. The number of rotatable bonds is 5. The van der Waals surface area contributed by atoms with E-state index in [1.807, 2.05) is 57.2 Å². The van der Waals surface area contributed by atoms with E-state index in [1.54, 1.807) is 6.07 Å². The third-order valence-electron chi connectivity index (χ3n) is 3.37. The molecule has 0 fully saturated rings. The molecule has 0 bridgehead atoms. The highest BCUT2D eigenvalue weighted by atomic mass is 35.5. The van der Waals surface area contributed by atoms with Crippen LogP contribution in [0.1, 0.15) is 24.5 Å². The van der Waals surface area contributed by atoms with Gasteiger partial charge in [0.25, 0.3) is 5.91 Å². The summed E-state index contributed by atoms with van der Waals surface area (Å²) in [6, 6.07) is 13.1. The lowest BCUT2D eigenvalue weighted by molar-refractivity contribution is -0.122. The maximum Gasteiger partial charge on any atom is 0.265 e. The van der Waals surface area contributed by atoms with E-state index in [1.165, 1.54) is 0 Å². The molecule has 1 unspecified atom stereocenters. The minimum atomic E-state index is -0.540. The van der Waals surface area contributed by atoms with Crippen LogP contribution in [0.25, 0.3) is 0 Å². The van der Waals surface area contributed by atoms with Crippen molar-refractivity contribution in [3.63, 3.8) is 0 Å². The van der Waals surface area contributed by atoms with Crippen LogP contribution in [0.3, 0.4) is 0 Å². The highest BCUT2D eigenvalue weighted by Gasteiger charge is 2.18. The van der Waals surface area contributed by atoms with Crippen LogP contribution >= 0.6 is 11.6 Å². The van der Waals surface area contributed by atoms with E-state index >= 15 is 0 Å². The van der Waals surface area contributed by atoms with E-state index in [2.05, 4.69) is 5.32 Å². The average Bonchev–Trinajstić information content (AvgIpc) is 2.48. The van der Waals surface area contributed by atoms with Crippen molar-refractivity contribution in [2.75, 3.05) is 5.32 Å². The molecular weight excluding hydrogens is 298 g/mol. The van der Waals surface area contributed by atoms with Crippen molar-refractivity contribution in [3.8, 4) is 5.75 Å². The maximum absolute atomic E-state index is 12.4. The van der Waals surface area contributed by atoms with E-state index in [9.17, 15) is 4.79 Å². The average molecular weight is 318 g/mol. The highest BCUT2D eigenvalue weighted by Crippen LogP contribution is 2.21. The number of amides is 1. The Kier molecular flexibility index (Phi) is 5.45. The van der Waals surface area contributed by atoms with Crippen LogP contribution in [-0.4, -0.2) is 12.0 Å². The standard InChI is InChI=1S/C18H20ClNO2/c1-4-17(22-15-7-5-6-12(2)10-15)18(21)20-14-9-8-13(3)16(19)11-14/h5-11,17H,4H2,1-3H3,(H,20,21). The number of nitrogens with one attached hydrogen (secondary N) is 1. The zero-order valence-electron chi connectivity index (χ0n) is 13.0. The second-order valence-electron chi connectivity index (χ2n) is 5.28. The van der Waals surface area contributed by atoms with Gasteiger partial charge in [-0.1, -0.05) is 36.7 Å². The Bertz CT molecular complexity index is 670. The molecule has 0 aliphatic carbocycles. The Balaban J connectivity index is 2.06. The third-order valence-corrected chi connectivity index (χ3v) is 3.78. The molecular formula is C18H20ClNO2. The fourth-order valence-corrected chi connectivity index (χ4v) is 2.25. The fourth-order valence-electron chi connectivity index (χ4n) is 2.07. The largest absolute Gasteiger partial charge is 0.481 e. The van der Waals surface area contributed by atoms with Crippen molar-refractivity contribution in [3.05, 3.63) is 58.6 Å². The van der Waals surface area contributed by atoms with Crippen LogP contribution in [0.4, 0.5) is 5.69 Å². The molecule has 2 aromatic carbocycles. The SMILES string of the molecule is CCC(Oc1cccc(C)c1)C(=O)Nc1ccc(C)c(Cl)c1. The number of carbonyl (C=O) groups is 1. The van der Waals surface area contributed by atoms with E-state index in [0.717, 1.165) is 11.1 Å². The van der Waals surface area contributed by atoms with Gasteiger partial charge in [-0.15, -0.1) is 0 Å². The van der Waals surface area contributed by atoms with Crippen molar-refractivity contribution >= 4 is 23.2 Å². The van der Waals surface area contributed by atoms with Crippen LogP contribution in [0.5, 0.6) is 5.75 Å². The quantitative estimate of drug-likeness (QED) is 0.864. The first-order valence-electron chi connectivity index (χ1n) is 7.30. The van der Waals surface area contributed by atoms with E-state index in [-0.39, 0.29) is 5.91 Å². The number of anilines is 1. The Morgan fingerprint density at radius 3 is 2.64 bits per heavy atom. The minimum absolute atomic E-state index is 0.177. The van der Waals surface area contributed by atoms with Gasteiger partial charge in [-0.3, -0.25) is 4.79 Å². The molecule has 22 heavy (non-hydrogen) atoms. The van der Waals surface area contributed by atoms with Gasteiger partial charge in [0.1, 0.15) is 5.75 Å². The van der Waals surface area contributed by atoms with Gasteiger partial charge in [-0.05, 0) is 55.7 Å². The third kappa shape index (κ3) is 4.25. The molecule has 0 aliphatic heterocycles. The molecule has 4 heteroatoms. The van der Waals surface area contributed by atoms with Crippen LogP contribution in [0.15, 0.2) is 42.5 Å². The van der Waals surface area contributed by atoms with Crippen molar-refractivity contribution in [1.82, 2.24) is 0 Å². The predicted molar refractivity (Wildman–Crippen MR) is 90.7 cm³/mol. The first-order valence-corrected chi connectivity index (χ1v) is 7.67. The van der Waals surface area contributed by atoms with Gasteiger partial charge in [0.2, 0.25) is 0 Å².